The highest BCUT2D eigenvalue weighted by molar-refractivity contribution is 5.87. The quantitative estimate of drug-likeness (QED) is 0.567. The molecule has 0 saturated carbocycles. The van der Waals surface area contributed by atoms with E-state index in [4.69, 9.17) is 0 Å². The largest absolute Gasteiger partial charge is 0.872 e. The van der Waals surface area contributed by atoms with Crippen LogP contribution in [-0.4, -0.2) is 4.98 Å². The maximum absolute atomic E-state index is 12.3. The van der Waals surface area contributed by atoms with Crippen molar-refractivity contribution >= 4 is 27.8 Å². The van der Waals surface area contributed by atoms with Gasteiger partial charge in [-0.2, -0.15) is 0 Å². The SMILES string of the molecule is CC[n+]1c(NCc2c([O-])ccc3ccccc23)[nH]c2ccccc21. The summed E-state index contributed by atoms with van der Waals surface area (Å²) in [6.45, 7) is 3.46. The first-order valence-corrected chi connectivity index (χ1v) is 8.20. The highest BCUT2D eigenvalue weighted by atomic mass is 16.3. The average molecular weight is 317 g/mol. The van der Waals surface area contributed by atoms with Crippen LogP contribution in [0.25, 0.3) is 21.8 Å². The van der Waals surface area contributed by atoms with Crippen molar-refractivity contribution in [3.63, 3.8) is 0 Å². The van der Waals surface area contributed by atoms with E-state index in [0.29, 0.717) is 6.54 Å². The van der Waals surface area contributed by atoms with E-state index in [2.05, 4.69) is 33.9 Å². The van der Waals surface area contributed by atoms with Crippen LogP contribution >= 0.6 is 0 Å². The van der Waals surface area contributed by atoms with Gasteiger partial charge in [-0.15, -0.1) is 5.75 Å². The Morgan fingerprint density at radius 1 is 1.00 bits per heavy atom. The molecule has 4 nitrogen and oxygen atoms in total. The maximum atomic E-state index is 12.3. The third-order valence-electron chi connectivity index (χ3n) is 4.46. The Morgan fingerprint density at radius 2 is 1.79 bits per heavy atom. The zero-order valence-electron chi connectivity index (χ0n) is 13.5. The van der Waals surface area contributed by atoms with Gasteiger partial charge in [0.2, 0.25) is 0 Å². The van der Waals surface area contributed by atoms with Gasteiger partial charge in [-0.25, -0.2) is 9.55 Å². The number of H-pyrrole nitrogens is 1. The zero-order chi connectivity index (χ0) is 16.5. The van der Waals surface area contributed by atoms with Gasteiger partial charge in [0.15, 0.2) is 0 Å². The molecule has 1 heterocycles. The molecule has 3 aromatic carbocycles. The van der Waals surface area contributed by atoms with E-state index in [1.54, 1.807) is 6.07 Å². The third-order valence-corrected chi connectivity index (χ3v) is 4.46. The average Bonchev–Trinajstić information content (AvgIpc) is 2.98. The Kier molecular flexibility index (Phi) is 3.58. The van der Waals surface area contributed by atoms with Gasteiger partial charge in [-0.3, -0.25) is 5.32 Å². The normalized spacial score (nSPS) is 11.2. The van der Waals surface area contributed by atoms with Gasteiger partial charge in [-0.1, -0.05) is 48.5 Å². The second-order valence-corrected chi connectivity index (χ2v) is 5.85. The Morgan fingerprint density at radius 3 is 2.67 bits per heavy atom. The van der Waals surface area contributed by atoms with Crippen molar-refractivity contribution in [1.82, 2.24) is 4.98 Å². The van der Waals surface area contributed by atoms with Crippen molar-refractivity contribution in [1.29, 1.82) is 0 Å². The summed E-state index contributed by atoms with van der Waals surface area (Å²) in [5.74, 6) is 0.992. The van der Waals surface area contributed by atoms with Crippen LogP contribution in [0.5, 0.6) is 5.75 Å². The summed E-state index contributed by atoms with van der Waals surface area (Å²) in [7, 11) is 0. The second-order valence-electron chi connectivity index (χ2n) is 5.85. The van der Waals surface area contributed by atoms with Gasteiger partial charge in [-0.05, 0) is 35.4 Å². The highest BCUT2D eigenvalue weighted by Gasteiger charge is 2.15. The molecule has 0 radical (unpaired) electrons. The molecule has 0 saturated heterocycles. The Labute approximate surface area is 140 Å². The lowest BCUT2D eigenvalue weighted by Gasteiger charge is -2.15. The number of nitrogens with zero attached hydrogens (tertiary/aromatic N) is 1. The van der Waals surface area contributed by atoms with Gasteiger partial charge in [0, 0.05) is 0 Å². The van der Waals surface area contributed by atoms with Crippen molar-refractivity contribution in [2.45, 2.75) is 20.0 Å². The summed E-state index contributed by atoms with van der Waals surface area (Å²) >= 11 is 0. The Hall–Kier alpha value is -3.01. The molecule has 4 heteroatoms. The van der Waals surface area contributed by atoms with Crippen LogP contribution < -0.4 is 15.0 Å². The van der Waals surface area contributed by atoms with Gasteiger partial charge in [0.25, 0.3) is 0 Å². The maximum Gasteiger partial charge on any atom is 0.356 e. The van der Waals surface area contributed by atoms with Gasteiger partial charge < -0.3 is 5.11 Å². The van der Waals surface area contributed by atoms with Crippen molar-refractivity contribution in [2.75, 3.05) is 5.32 Å². The Balaban J connectivity index is 1.72. The number of fused-ring (bicyclic) bond motifs is 2. The number of imidazole rings is 1. The molecule has 120 valence electrons. The van der Waals surface area contributed by atoms with Crippen LogP contribution in [0.4, 0.5) is 5.95 Å². The van der Waals surface area contributed by atoms with Crippen LogP contribution in [0.2, 0.25) is 0 Å². The summed E-state index contributed by atoms with van der Waals surface area (Å²) in [5, 5.41) is 17.8. The number of hydrogen-bond acceptors (Lipinski definition) is 2. The molecule has 0 unspecified atom stereocenters. The van der Waals surface area contributed by atoms with Crippen LogP contribution in [0.3, 0.4) is 0 Å². The number of nitrogens with one attached hydrogen (secondary N) is 2. The molecule has 0 aliphatic heterocycles. The van der Waals surface area contributed by atoms with E-state index in [-0.39, 0.29) is 5.75 Å². The number of aromatic amines is 1. The molecule has 0 aliphatic rings. The number of rotatable bonds is 4. The minimum Gasteiger partial charge on any atom is -0.872 e. The number of para-hydroxylation sites is 2. The molecule has 0 aliphatic carbocycles. The van der Waals surface area contributed by atoms with Crippen LogP contribution in [-0.2, 0) is 13.1 Å². The van der Waals surface area contributed by atoms with Crippen molar-refractivity contribution in [3.8, 4) is 5.75 Å². The third kappa shape index (κ3) is 2.36. The molecule has 4 rings (SSSR count). The topological polar surface area (TPSA) is 54.8 Å². The summed E-state index contributed by atoms with van der Waals surface area (Å²) in [5.41, 5.74) is 3.04. The molecule has 0 amide bonds. The van der Waals surface area contributed by atoms with Crippen LogP contribution in [0.1, 0.15) is 12.5 Å². The fourth-order valence-corrected chi connectivity index (χ4v) is 3.27. The monoisotopic (exact) mass is 317 g/mol. The summed E-state index contributed by atoms with van der Waals surface area (Å²) in [6, 6.07) is 19.7. The number of aromatic nitrogens is 2. The Bertz CT molecular complexity index is 1020. The fourth-order valence-electron chi connectivity index (χ4n) is 3.27. The number of hydrogen-bond donors (Lipinski definition) is 2. The van der Waals surface area contributed by atoms with Gasteiger partial charge >= 0.3 is 5.95 Å². The number of anilines is 1. The molecule has 0 atom stereocenters. The van der Waals surface area contributed by atoms with E-state index in [9.17, 15) is 5.11 Å². The summed E-state index contributed by atoms with van der Waals surface area (Å²) in [4.78, 5) is 3.40. The molecule has 0 fully saturated rings. The van der Waals surface area contributed by atoms with Crippen LogP contribution in [0, 0.1) is 0 Å². The molecule has 4 aromatic rings. The summed E-state index contributed by atoms with van der Waals surface area (Å²) in [6.07, 6.45) is 0. The summed E-state index contributed by atoms with van der Waals surface area (Å²) < 4.78 is 2.19. The molecule has 24 heavy (non-hydrogen) atoms. The van der Waals surface area contributed by atoms with Crippen LogP contribution in [0.15, 0.2) is 60.7 Å². The van der Waals surface area contributed by atoms with Gasteiger partial charge in [0.1, 0.15) is 11.0 Å². The van der Waals surface area contributed by atoms with E-state index < -0.39 is 0 Å². The number of aryl methyl sites for hydroxylation is 1. The molecular formula is C20H19N3O. The van der Waals surface area contributed by atoms with E-state index in [1.807, 2.05) is 42.5 Å². The highest BCUT2D eigenvalue weighted by Crippen LogP contribution is 2.26. The molecule has 0 bridgehead atoms. The lowest BCUT2D eigenvalue weighted by atomic mass is 10.0. The predicted molar refractivity (Wildman–Crippen MR) is 94.9 cm³/mol. The zero-order valence-corrected chi connectivity index (χ0v) is 13.5. The first-order valence-electron chi connectivity index (χ1n) is 8.20. The van der Waals surface area contributed by atoms with Crippen molar-refractivity contribution in [2.24, 2.45) is 0 Å². The van der Waals surface area contributed by atoms with Gasteiger partial charge in [0.05, 0.1) is 13.1 Å². The second kappa shape index (κ2) is 5.89. The molecule has 2 N–H and O–H groups in total. The fraction of sp³-hybridized carbons (Fsp3) is 0.150. The minimum atomic E-state index is 0.0698. The van der Waals surface area contributed by atoms with Crippen molar-refractivity contribution in [3.05, 3.63) is 66.2 Å². The first-order chi connectivity index (χ1) is 11.8. The number of benzene rings is 3. The lowest BCUT2D eigenvalue weighted by Crippen LogP contribution is -2.34. The van der Waals surface area contributed by atoms with Crippen molar-refractivity contribution < 1.29 is 9.67 Å². The molecule has 0 spiro atoms. The predicted octanol–water partition coefficient (Wildman–Crippen LogP) is 3.31. The first kappa shape index (κ1) is 14.6. The lowest BCUT2D eigenvalue weighted by molar-refractivity contribution is -0.653. The minimum absolute atomic E-state index is 0.0698. The standard InChI is InChI=1S/C20H19N3O/c1-2-23-18-10-6-5-9-17(18)22-20(23)21-13-16-15-8-4-3-7-14(15)11-12-19(16)24/h3-12H,2,13H2,1H3,(H2,21,22,24). The van der Waals surface area contributed by atoms with E-state index in [1.165, 1.54) is 0 Å². The van der Waals surface area contributed by atoms with E-state index >= 15 is 0 Å². The smallest absolute Gasteiger partial charge is 0.356 e. The molecule has 1 aromatic heterocycles. The molecular weight excluding hydrogens is 298 g/mol. The van der Waals surface area contributed by atoms with E-state index in [0.717, 1.165) is 39.9 Å².